The molecule has 5 heteroatoms. The fourth-order valence-electron chi connectivity index (χ4n) is 2.68. The Kier molecular flexibility index (Phi) is 4.52. The van der Waals surface area contributed by atoms with Crippen molar-refractivity contribution in [1.29, 1.82) is 0 Å². The van der Waals surface area contributed by atoms with Gasteiger partial charge in [0.2, 0.25) is 10.0 Å². The summed E-state index contributed by atoms with van der Waals surface area (Å²) in [4.78, 5) is 0.344. The van der Waals surface area contributed by atoms with Gasteiger partial charge in [0.1, 0.15) is 0 Å². The molecule has 1 aliphatic heterocycles. The molecule has 0 aromatic heterocycles. The van der Waals surface area contributed by atoms with Crippen LogP contribution in [-0.2, 0) is 16.4 Å². The number of rotatable bonds is 4. The predicted octanol–water partition coefficient (Wildman–Crippen LogP) is 2.03. The molecule has 0 atom stereocenters. The van der Waals surface area contributed by atoms with Gasteiger partial charge in [0.15, 0.2) is 0 Å². The summed E-state index contributed by atoms with van der Waals surface area (Å²) >= 11 is 0. The van der Waals surface area contributed by atoms with E-state index in [-0.39, 0.29) is 12.0 Å². The van der Waals surface area contributed by atoms with E-state index in [1.807, 2.05) is 0 Å². The van der Waals surface area contributed by atoms with Gasteiger partial charge in [-0.05, 0) is 42.4 Å². The van der Waals surface area contributed by atoms with Gasteiger partial charge in [0.05, 0.1) is 4.90 Å². The molecule has 1 fully saturated rings. The fraction of sp³-hybridized carbons (Fsp3) is 0.600. The van der Waals surface area contributed by atoms with Crippen molar-refractivity contribution in [3.63, 3.8) is 0 Å². The third-order valence-electron chi connectivity index (χ3n) is 3.83. The maximum Gasteiger partial charge on any atom is 0.243 e. The van der Waals surface area contributed by atoms with Gasteiger partial charge >= 0.3 is 0 Å². The second-order valence-corrected chi connectivity index (χ2v) is 8.16. The molecule has 20 heavy (non-hydrogen) atoms. The number of hydrogen-bond donors (Lipinski definition) is 1. The highest BCUT2D eigenvalue weighted by atomic mass is 32.2. The average Bonchev–Trinajstić information content (AvgIpc) is 2.38. The van der Waals surface area contributed by atoms with Gasteiger partial charge in [-0.1, -0.05) is 26.0 Å². The molecule has 2 rings (SSSR count). The third kappa shape index (κ3) is 3.40. The molecule has 4 nitrogen and oxygen atoms in total. The molecule has 1 aromatic carbocycles. The van der Waals surface area contributed by atoms with Crippen molar-refractivity contribution >= 4 is 10.0 Å². The van der Waals surface area contributed by atoms with Gasteiger partial charge in [-0.3, -0.25) is 0 Å². The largest absolute Gasteiger partial charge is 0.396 e. The summed E-state index contributed by atoms with van der Waals surface area (Å²) in [6.07, 6.45) is 2.53. The summed E-state index contributed by atoms with van der Waals surface area (Å²) in [6, 6.07) is 6.83. The van der Waals surface area contributed by atoms with E-state index in [4.69, 9.17) is 5.11 Å². The van der Waals surface area contributed by atoms with Gasteiger partial charge < -0.3 is 5.11 Å². The Morgan fingerprint density at radius 1 is 1.25 bits per heavy atom. The molecule has 0 amide bonds. The Bertz CT molecular complexity index is 549. The zero-order chi connectivity index (χ0) is 14.8. The zero-order valence-electron chi connectivity index (χ0n) is 12.2. The smallest absolute Gasteiger partial charge is 0.243 e. The molecule has 0 unspecified atom stereocenters. The number of nitrogens with zero attached hydrogens (tertiary/aromatic N) is 1. The van der Waals surface area contributed by atoms with Gasteiger partial charge in [0.25, 0.3) is 0 Å². The lowest BCUT2D eigenvalue weighted by molar-refractivity contribution is 0.187. The van der Waals surface area contributed by atoms with Crippen LogP contribution in [0, 0.1) is 5.41 Å². The minimum atomic E-state index is -3.39. The van der Waals surface area contributed by atoms with Crippen LogP contribution in [0.15, 0.2) is 29.2 Å². The first-order valence-corrected chi connectivity index (χ1v) is 8.49. The Morgan fingerprint density at radius 2 is 1.90 bits per heavy atom. The molecular weight excluding hydrogens is 274 g/mol. The monoisotopic (exact) mass is 297 g/mol. The van der Waals surface area contributed by atoms with Crippen molar-refractivity contribution in [3.05, 3.63) is 29.8 Å². The van der Waals surface area contributed by atoms with Gasteiger partial charge in [-0.25, -0.2) is 8.42 Å². The van der Waals surface area contributed by atoms with Gasteiger partial charge in [-0.15, -0.1) is 0 Å². The van der Waals surface area contributed by atoms with Crippen molar-refractivity contribution in [2.45, 2.75) is 38.0 Å². The maximum absolute atomic E-state index is 12.6. The number of sulfonamides is 1. The van der Waals surface area contributed by atoms with Crippen LogP contribution in [0.25, 0.3) is 0 Å². The lowest BCUT2D eigenvalue weighted by atomic mass is 9.85. The summed E-state index contributed by atoms with van der Waals surface area (Å²) in [6.45, 7) is 5.47. The Balaban J connectivity index is 2.21. The minimum Gasteiger partial charge on any atom is -0.396 e. The quantitative estimate of drug-likeness (QED) is 0.925. The van der Waals surface area contributed by atoms with Crippen LogP contribution in [0.1, 0.15) is 32.3 Å². The van der Waals surface area contributed by atoms with Crippen LogP contribution < -0.4 is 0 Å². The van der Waals surface area contributed by atoms with Crippen LogP contribution in [0.5, 0.6) is 0 Å². The Hall–Kier alpha value is -0.910. The predicted molar refractivity (Wildman–Crippen MR) is 79.0 cm³/mol. The second-order valence-electron chi connectivity index (χ2n) is 6.22. The van der Waals surface area contributed by atoms with E-state index in [1.54, 1.807) is 28.6 Å². The minimum absolute atomic E-state index is 0.0438. The van der Waals surface area contributed by atoms with Crippen molar-refractivity contribution in [1.82, 2.24) is 4.31 Å². The fourth-order valence-corrected chi connectivity index (χ4v) is 4.35. The number of aliphatic hydroxyl groups excluding tert-OH is 1. The Labute approximate surface area is 121 Å². The van der Waals surface area contributed by atoms with Crippen molar-refractivity contribution in [2.75, 3.05) is 19.7 Å². The van der Waals surface area contributed by atoms with Crippen molar-refractivity contribution in [3.8, 4) is 0 Å². The van der Waals surface area contributed by atoms with E-state index < -0.39 is 10.0 Å². The zero-order valence-corrected chi connectivity index (χ0v) is 13.0. The topological polar surface area (TPSA) is 57.6 Å². The number of benzene rings is 1. The molecule has 1 saturated heterocycles. The highest BCUT2D eigenvalue weighted by molar-refractivity contribution is 7.89. The standard InChI is InChI=1S/C15H23NO3S/c1-15(2)9-3-10-16(12-15)20(18,19)14-6-4-13(5-7-14)8-11-17/h4-7,17H,3,8-12H2,1-2H3. The molecule has 1 aromatic rings. The van der Waals surface area contributed by atoms with E-state index in [0.717, 1.165) is 18.4 Å². The molecule has 0 radical (unpaired) electrons. The van der Waals surface area contributed by atoms with Crippen molar-refractivity contribution in [2.24, 2.45) is 5.41 Å². The first-order chi connectivity index (χ1) is 9.35. The van der Waals surface area contributed by atoms with Crippen LogP contribution >= 0.6 is 0 Å². The summed E-state index contributed by atoms with van der Waals surface area (Å²) in [5.74, 6) is 0. The van der Waals surface area contributed by atoms with E-state index >= 15 is 0 Å². The molecule has 112 valence electrons. The maximum atomic E-state index is 12.6. The number of aliphatic hydroxyl groups is 1. The summed E-state index contributed by atoms with van der Waals surface area (Å²) < 4.78 is 26.8. The second kappa shape index (κ2) is 5.84. The SMILES string of the molecule is CC1(C)CCCN(S(=O)(=O)c2ccc(CCO)cc2)C1. The molecule has 0 saturated carbocycles. The molecule has 1 aliphatic rings. The van der Waals surface area contributed by atoms with E-state index in [1.165, 1.54) is 0 Å². The lowest BCUT2D eigenvalue weighted by Crippen LogP contribution is -2.43. The average molecular weight is 297 g/mol. The van der Waals surface area contributed by atoms with Crippen LogP contribution in [-0.4, -0.2) is 37.5 Å². The summed E-state index contributed by atoms with van der Waals surface area (Å²) in [7, 11) is -3.39. The first kappa shape index (κ1) is 15.5. The molecule has 1 N–H and O–H groups in total. The van der Waals surface area contributed by atoms with Gasteiger partial charge in [-0.2, -0.15) is 4.31 Å². The molecule has 0 aliphatic carbocycles. The molecular formula is C15H23NO3S. The summed E-state index contributed by atoms with van der Waals surface area (Å²) in [5.41, 5.74) is 0.993. The van der Waals surface area contributed by atoms with Crippen LogP contribution in [0.3, 0.4) is 0 Å². The first-order valence-electron chi connectivity index (χ1n) is 7.05. The van der Waals surface area contributed by atoms with Gasteiger partial charge in [0, 0.05) is 19.7 Å². The van der Waals surface area contributed by atoms with Crippen LogP contribution in [0.4, 0.5) is 0 Å². The summed E-state index contributed by atoms with van der Waals surface area (Å²) in [5, 5.41) is 8.88. The Morgan fingerprint density at radius 3 is 2.45 bits per heavy atom. The van der Waals surface area contributed by atoms with E-state index in [9.17, 15) is 8.42 Å². The highest BCUT2D eigenvalue weighted by Crippen LogP contribution is 2.31. The molecule has 0 spiro atoms. The van der Waals surface area contributed by atoms with Crippen molar-refractivity contribution < 1.29 is 13.5 Å². The number of piperidine rings is 1. The normalized spacial score (nSPS) is 19.9. The number of hydrogen-bond acceptors (Lipinski definition) is 3. The van der Waals surface area contributed by atoms with E-state index in [2.05, 4.69) is 13.8 Å². The highest BCUT2D eigenvalue weighted by Gasteiger charge is 2.33. The third-order valence-corrected chi connectivity index (χ3v) is 5.69. The molecule has 0 bridgehead atoms. The van der Waals surface area contributed by atoms with Crippen LogP contribution in [0.2, 0.25) is 0 Å². The van der Waals surface area contributed by atoms with E-state index in [0.29, 0.717) is 24.4 Å². The molecule has 1 heterocycles. The lowest BCUT2D eigenvalue weighted by Gasteiger charge is -2.37.